The van der Waals surface area contributed by atoms with Crippen LogP contribution in [0.4, 0.5) is 0 Å². The second kappa shape index (κ2) is 53.2. The molecule has 3 N–H and O–H groups in total. The molecule has 2 aliphatic carbocycles. The van der Waals surface area contributed by atoms with Gasteiger partial charge in [-0.1, -0.05) is 24.3 Å². The van der Waals surface area contributed by atoms with Crippen molar-refractivity contribution < 1.29 is 95.1 Å². The molecule has 0 spiro atoms. The summed E-state index contributed by atoms with van der Waals surface area (Å²) in [6, 6.07) is 0. The summed E-state index contributed by atoms with van der Waals surface area (Å²) in [6.45, 7) is 10.5. The number of imide groups is 1. The molecule has 3 aliphatic rings. The lowest BCUT2D eigenvalue weighted by molar-refractivity contribution is -0.137. The molecule has 1 heterocycles. The second-order valence-corrected chi connectivity index (χ2v) is 19.3. The van der Waals surface area contributed by atoms with Crippen molar-refractivity contribution in [1.82, 2.24) is 25.8 Å². The number of hydrogen-bond acceptors (Lipinski definition) is 20. The molecule has 83 heavy (non-hydrogen) atoms. The monoisotopic (exact) mass is 1190 g/mol. The van der Waals surface area contributed by atoms with E-state index in [1.165, 1.54) is 12.2 Å². The van der Waals surface area contributed by atoms with Gasteiger partial charge < -0.3 is 87.2 Å². The molecule has 0 bridgehead atoms. The predicted octanol–water partition coefficient (Wildman–Crippen LogP) is 1.88. The molecule has 3 rings (SSSR count). The van der Waals surface area contributed by atoms with Gasteiger partial charge in [0, 0.05) is 57.8 Å². The molecule has 25 heteroatoms. The largest absolute Gasteiger partial charge is 0.379 e. The topological polar surface area (TPSA) is 274 Å². The van der Waals surface area contributed by atoms with E-state index in [0.717, 1.165) is 69.1 Å². The van der Waals surface area contributed by atoms with Crippen LogP contribution in [-0.2, 0) is 95.1 Å². The molecule has 0 saturated carbocycles. The van der Waals surface area contributed by atoms with Gasteiger partial charge in [0.2, 0.25) is 23.6 Å². The minimum Gasteiger partial charge on any atom is -0.379 e. The van der Waals surface area contributed by atoms with E-state index in [0.29, 0.717) is 185 Å². The highest BCUT2D eigenvalue weighted by Crippen LogP contribution is 2.16. The Balaban J connectivity index is 1.14. The molecule has 0 aromatic heterocycles. The van der Waals surface area contributed by atoms with Crippen molar-refractivity contribution in [2.24, 2.45) is 0 Å². The molecule has 0 saturated heterocycles. The Morgan fingerprint density at radius 1 is 0.398 bits per heavy atom. The lowest BCUT2D eigenvalue weighted by atomic mass is 10.0. The highest BCUT2D eigenvalue weighted by molar-refractivity contribution is 6.13. The summed E-state index contributed by atoms with van der Waals surface area (Å²) >= 11 is 0. The number of rotatable bonds is 54. The van der Waals surface area contributed by atoms with Crippen molar-refractivity contribution in [2.75, 3.05) is 211 Å². The zero-order chi connectivity index (χ0) is 59.1. The molecule has 6 amide bonds. The molecule has 476 valence electrons. The van der Waals surface area contributed by atoms with Gasteiger partial charge in [0.1, 0.15) is 13.2 Å². The number of amides is 6. The normalized spacial score (nSPS) is 17.2. The van der Waals surface area contributed by atoms with Gasteiger partial charge in [0.15, 0.2) is 0 Å². The maximum atomic E-state index is 13.2. The first-order chi connectivity index (χ1) is 40.8. The van der Waals surface area contributed by atoms with E-state index in [9.17, 15) is 28.8 Å². The molecule has 25 nitrogen and oxygen atoms in total. The quantitative estimate of drug-likeness (QED) is 0.0446. The van der Waals surface area contributed by atoms with Gasteiger partial charge in [-0.15, -0.1) is 0 Å². The minimum absolute atomic E-state index is 0.0311. The third kappa shape index (κ3) is 43.0. The Bertz CT molecular complexity index is 1690. The molecular weight excluding hydrogens is 1090 g/mol. The second-order valence-electron chi connectivity index (χ2n) is 19.3. The SMILES string of the molecule is O=C(CCN1C(=O)C=CC1=O)NCCOCCOCCOCCOCCOCCOCCC(=O)N(CCOCCOCCOCCNC(=O)COC1CC/C=C/CCC1)CCOCCOCCOCCNC(=O)COC1CC/C=C/CCC1. The molecule has 2 unspecified atom stereocenters. The average molecular weight is 1190 g/mol. The zero-order valence-corrected chi connectivity index (χ0v) is 49.3. The third-order valence-corrected chi connectivity index (χ3v) is 12.7. The Kier molecular flexibility index (Phi) is 46.7. The van der Waals surface area contributed by atoms with E-state index in [1.54, 1.807) is 4.90 Å². The van der Waals surface area contributed by atoms with Crippen LogP contribution in [0.2, 0.25) is 0 Å². The number of allylic oxidation sites excluding steroid dienone is 4. The fourth-order valence-corrected chi connectivity index (χ4v) is 8.13. The van der Waals surface area contributed by atoms with Crippen molar-refractivity contribution in [3.05, 3.63) is 36.5 Å². The van der Waals surface area contributed by atoms with Gasteiger partial charge in [0.25, 0.3) is 11.8 Å². The smallest absolute Gasteiger partial charge is 0.253 e. The summed E-state index contributed by atoms with van der Waals surface area (Å²) in [7, 11) is 0. The fourth-order valence-electron chi connectivity index (χ4n) is 8.13. The number of nitrogens with zero attached hydrogens (tertiary/aromatic N) is 2. The van der Waals surface area contributed by atoms with Crippen LogP contribution >= 0.6 is 0 Å². The molecular formula is C58H99N5O20. The molecule has 0 aromatic rings. The number of carbonyl (C=O) groups excluding carboxylic acids is 6. The van der Waals surface area contributed by atoms with Gasteiger partial charge in [-0.3, -0.25) is 33.7 Å². The number of ether oxygens (including phenoxy) is 14. The zero-order valence-electron chi connectivity index (χ0n) is 49.3. The van der Waals surface area contributed by atoms with Crippen molar-refractivity contribution in [3.63, 3.8) is 0 Å². The van der Waals surface area contributed by atoms with Crippen molar-refractivity contribution in [2.45, 2.75) is 89.3 Å². The van der Waals surface area contributed by atoms with Crippen LogP contribution in [0, 0.1) is 0 Å². The van der Waals surface area contributed by atoms with Gasteiger partial charge >= 0.3 is 0 Å². The van der Waals surface area contributed by atoms with Gasteiger partial charge in [0.05, 0.1) is 177 Å². The average Bonchev–Trinajstić information content (AvgIpc) is 3.79. The molecule has 2 atom stereocenters. The first-order valence-corrected chi connectivity index (χ1v) is 29.9. The number of nitrogens with one attached hydrogen (secondary N) is 3. The summed E-state index contributed by atoms with van der Waals surface area (Å²) in [4.78, 5) is 75.3. The lowest BCUT2D eigenvalue weighted by Crippen LogP contribution is -2.37. The standard InChI is InChI=1S/C58H99N5O20/c64-53(17-22-63-57(68)15-16-58(63)69)59-19-26-71-32-40-79-44-46-81-48-47-80-45-43-76-37-31-70-25-18-56(67)62(23-29-74-35-41-77-38-33-72-27-20-60-54(65)49-82-51-11-7-3-1-4-8-12-51)24-30-75-36-42-78-39-34-73-28-21-61-55(66)50-83-52-13-9-5-2-6-10-14-52/h1-3,5,15-16,51-52H,4,6-14,17-50H2,(H,59,64)(H,60,65)(H,61,66)/b3-1+,5-2+. The van der Waals surface area contributed by atoms with Gasteiger partial charge in [-0.05, 0) is 64.2 Å². The van der Waals surface area contributed by atoms with Crippen molar-refractivity contribution in [3.8, 4) is 0 Å². The third-order valence-electron chi connectivity index (χ3n) is 12.7. The summed E-state index contributed by atoms with van der Waals surface area (Å²) in [5, 5.41) is 8.34. The van der Waals surface area contributed by atoms with E-state index in [-0.39, 0.29) is 75.0 Å². The Morgan fingerprint density at radius 3 is 1.11 bits per heavy atom. The van der Waals surface area contributed by atoms with Crippen LogP contribution in [0.25, 0.3) is 0 Å². The van der Waals surface area contributed by atoms with E-state index in [2.05, 4.69) is 40.3 Å². The van der Waals surface area contributed by atoms with Gasteiger partial charge in [-0.2, -0.15) is 0 Å². The minimum atomic E-state index is -0.411. The van der Waals surface area contributed by atoms with Crippen LogP contribution in [0.1, 0.15) is 77.0 Å². The van der Waals surface area contributed by atoms with E-state index in [4.69, 9.17) is 66.3 Å². The van der Waals surface area contributed by atoms with Crippen molar-refractivity contribution in [1.29, 1.82) is 0 Å². The number of carbonyl (C=O) groups is 6. The summed E-state index contributed by atoms with van der Waals surface area (Å²) in [5.74, 6) is -1.48. The van der Waals surface area contributed by atoms with Crippen LogP contribution in [0.3, 0.4) is 0 Å². The highest BCUT2D eigenvalue weighted by Gasteiger charge is 2.23. The Labute approximate surface area is 491 Å². The van der Waals surface area contributed by atoms with E-state index < -0.39 is 11.8 Å². The van der Waals surface area contributed by atoms with E-state index >= 15 is 0 Å². The maximum Gasteiger partial charge on any atom is 0.253 e. The number of hydrogen-bond donors (Lipinski definition) is 3. The molecule has 1 aliphatic heterocycles. The lowest BCUT2D eigenvalue weighted by Gasteiger charge is -2.23. The predicted molar refractivity (Wildman–Crippen MR) is 304 cm³/mol. The molecule has 0 radical (unpaired) electrons. The van der Waals surface area contributed by atoms with Gasteiger partial charge in [-0.25, -0.2) is 0 Å². The van der Waals surface area contributed by atoms with Crippen LogP contribution < -0.4 is 16.0 Å². The first kappa shape index (κ1) is 72.9. The maximum absolute atomic E-state index is 13.2. The van der Waals surface area contributed by atoms with Crippen LogP contribution in [0.5, 0.6) is 0 Å². The summed E-state index contributed by atoms with van der Waals surface area (Å²) < 4.78 is 78.8. The van der Waals surface area contributed by atoms with Crippen molar-refractivity contribution >= 4 is 35.4 Å². The Hall–Kier alpha value is -4.32. The Morgan fingerprint density at radius 2 is 0.723 bits per heavy atom. The first-order valence-electron chi connectivity index (χ1n) is 29.9. The van der Waals surface area contributed by atoms with Crippen LogP contribution in [-0.4, -0.2) is 268 Å². The fraction of sp³-hybridized carbons (Fsp3) is 0.793. The van der Waals surface area contributed by atoms with Crippen LogP contribution in [0.15, 0.2) is 36.5 Å². The molecule has 0 fully saturated rings. The highest BCUT2D eigenvalue weighted by atomic mass is 16.6. The summed E-state index contributed by atoms with van der Waals surface area (Å²) in [6.07, 6.45) is 21.7. The summed E-state index contributed by atoms with van der Waals surface area (Å²) in [5.41, 5.74) is 0. The van der Waals surface area contributed by atoms with E-state index in [1.807, 2.05) is 0 Å². The molecule has 0 aromatic carbocycles.